The van der Waals surface area contributed by atoms with Gasteiger partial charge in [-0.25, -0.2) is 9.97 Å². The Morgan fingerprint density at radius 1 is 1.29 bits per heavy atom. The predicted molar refractivity (Wildman–Crippen MR) is 81.9 cm³/mol. The van der Waals surface area contributed by atoms with Gasteiger partial charge in [0.2, 0.25) is 5.91 Å². The van der Waals surface area contributed by atoms with Crippen molar-refractivity contribution in [3.05, 3.63) is 47.8 Å². The molecule has 0 saturated heterocycles. The van der Waals surface area contributed by atoms with E-state index >= 15 is 0 Å². The summed E-state index contributed by atoms with van der Waals surface area (Å²) in [7, 11) is 0. The Labute approximate surface area is 127 Å². The topological polar surface area (TPSA) is 78.7 Å². The fourth-order valence-corrected chi connectivity index (χ4v) is 2.23. The number of anilines is 1. The Hall–Kier alpha value is -2.39. The molecule has 1 aromatic heterocycles. The highest BCUT2D eigenvalue weighted by molar-refractivity contribution is 8.00. The number of benzene rings is 1. The van der Waals surface area contributed by atoms with Gasteiger partial charge in [0.1, 0.15) is 0 Å². The molecule has 21 heavy (non-hydrogen) atoms. The molecule has 0 saturated carbocycles. The number of nitriles is 1. The summed E-state index contributed by atoms with van der Waals surface area (Å²) in [6.45, 7) is 3.71. The van der Waals surface area contributed by atoms with Crippen molar-refractivity contribution >= 4 is 23.4 Å². The molecule has 106 valence electrons. The predicted octanol–water partition coefficient (Wildman–Crippen LogP) is 2.78. The lowest BCUT2D eigenvalue weighted by Gasteiger charge is -2.11. The summed E-state index contributed by atoms with van der Waals surface area (Å²) in [5.41, 5.74) is 2.20. The molecule has 1 heterocycles. The molecule has 0 aliphatic rings. The highest BCUT2D eigenvalue weighted by atomic mass is 32.2. The Morgan fingerprint density at radius 3 is 2.48 bits per heavy atom. The lowest BCUT2D eigenvalue weighted by atomic mass is 10.2. The molecule has 1 amide bonds. The van der Waals surface area contributed by atoms with E-state index in [9.17, 15) is 4.79 Å². The minimum Gasteiger partial charge on any atom is -0.325 e. The van der Waals surface area contributed by atoms with Crippen LogP contribution in [0, 0.1) is 18.3 Å². The first kappa shape index (κ1) is 15.0. The molecular weight excluding hydrogens is 284 g/mol. The molecule has 1 unspecified atom stereocenters. The molecule has 0 spiro atoms. The van der Waals surface area contributed by atoms with E-state index in [4.69, 9.17) is 5.26 Å². The number of nitrogens with zero attached hydrogens (tertiary/aromatic N) is 3. The van der Waals surface area contributed by atoms with Crippen LogP contribution in [0.5, 0.6) is 0 Å². The van der Waals surface area contributed by atoms with Crippen molar-refractivity contribution in [3.8, 4) is 6.07 Å². The largest absolute Gasteiger partial charge is 0.325 e. The zero-order valence-electron chi connectivity index (χ0n) is 11.7. The molecule has 6 heteroatoms. The first-order chi connectivity index (χ1) is 10.1. The summed E-state index contributed by atoms with van der Waals surface area (Å²) in [6, 6.07) is 8.77. The number of nitrogens with one attached hydrogen (secondary N) is 1. The third-order valence-electron chi connectivity index (χ3n) is 2.69. The average molecular weight is 298 g/mol. The quantitative estimate of drug-likeness (QED) is 0.693. The summed E-state index contributed by atoms with van der Waals surface area (Å²) in [4.78, 5) is 20.4. The molecule has 1 aromatic carbocycles. The fraction of sp³-hybridized carbons (Fsp3) is 0.200. The van der Waals surface area contributed by atoms with Crippen LogP contribution in [0.2, 0.25) is 0 Å². The Bertz CT molecular complexity index is 662. The van der Waals surface area contributed by atoms with Gasteiger partial charge < -0.3 is 5.32 Å². The number of carbonyl (C=O) groups excluding carboxylic acids is 1. The van der Waals surface area contributed by atoms with Gasteiger partial charge >= 0.3 is 0 Å². The minimum absolute atomic E-state index is 0.131. The Balaban J connectivity index is 1.95. The second-order valence-corrected chi connectivity index (χ2v) is 5.79. The van der Waals surface area contributed by atoms with Gasteiger partial charge in [-0.15, -0.1) is 0 Å². The lowest BCUT2D eigenvalue weighted by Crippen LogP contribution is -2.22. The van der Waals surface area contributed by atoms with Gasteiger partial charge in [0.05, 0.1) is 16.9 Å². The lowest BCUT2D eigenvalue weighted by molar-refractivity contribution is -0.115. The molecule has 0 aliphatic heterocycles. The van der Waals surface area contributed by atoms with E-state index in [2.05, 4.69) is 15.3 Å². The monoisotopic (exact) mass is 298 g/mol. The summed E-state index contributed by atoms with van der Waals surface area (Å²) in [5.74, 6) is -0.131. The van der Waals surface area contributed by atoms with Crippen LogP contribution >= 0.6 is 11.8 Å². The molecule has 5 nitrogen and oxygen atoms in total. The van der Waals surface area contributed by atoms with Crippen molar-refractivity contribution in [2.24, 2.45) is 0 Å². The van der Waals surface area contributed by atoms with Crippen LogP contribution in [0.15, 0.2) is 41.8 Å². The maximum atomic E-state index is 12.1. The number of hydrogen-bond donors (Lipinski definition) is 1. The van der Waals surface area contributed by atoms with Crippen molar-refractivity contribution < 1.29 is 4.79 Å². The molecule has 2 rings (SSSR count). The van der Waals surface area contributed by atoms with E-state index in [0.717, 1.165) is 5.56 Å². The fourth-order valence-electron chi connectivity index (χ4n) is 1.53. The van der Waals surface area contributed by atoms with Crippen molar-refractivity contribution in [1.82, 2.24) is 9.97 Å². The molecule has 2 aromatic rings. The Morgan fingerprint density at radius 2 is 1.90 bits per heavy atom. The number of hydrogen-bond acceptors (Lipinski definition) is 5. The number of amides is 1. The van der Waals surface area contributed by atoms with Crippen molar-refractivity contribution in [2.45, 2.75) is 24.3 Å². The van der Waals surface area contributed by atoms with E-state index in [1.807, 2.05) is 13.0 Å². The van der Waals surface area contributed by atoms with Gasteiger partial charge in [-0.2, -0.15) is 5.26 Å². The normalized spacial score (nSPS) is 11.5. The van der Waals surface area contributed by atoms with Gasteiger partial charge in [0, 0.05) is 18.1 Å². The van der Waals surface area contributed by atoms with Gasteiger partial charge in [-0.3, -0.25) is 4.79 Å². The third-order valence-corrected chi connectivity index (χ3v) is 3.68. The summed E-state index contributed by atoms with van der Waals surface area (Å²) in [6.07, 6.45) is 3.45. The zero-order valence-corrected chi connectivity index (χ0v) is 12.5. The van der Waals surface area contributed by atoms with Crippen LogP contribution in [-0.2, 0) is 4.79 Å². The van der Waals surface area contributed by atoms with Crippen LogP contribution in [0.3, 0.4) is 0 Å². The van der Waals surface area contributed by atoms with Gasteiger partial charge in [-0.05, 0) is 43.7 Å². The molecule has 0 radical (unpaired) electrons. The summed E-state index contributed by atoms with van der Waals surface area (Å²) < 4.78 is 0. The van der Waals surface area contributed by atoms with Crippen LogP contribution in [0.4, 0.5) is 5.69 Å². The van der Waals surface area contributed by atoms with Crippen molar-refractivity contribution in [1.29, 1.82) is 5.26 Å². The third kappa shape index (κ3) is 4.29. The van der Waals surface area contributed by atoms with E-state index in [-0.39, 0.29) is 11.2 Å². The number of aromatic nitrogens is 2. The van der Waals surface area contributed by atoms with Crippen LogP contribution in [0.25, 0.3) is 0 Å². The zero-order chi connectivity index (χ0) is 15.2. The standard InChI is InChI=1S/C15H14N4OS/c1-10-8-17-15(18-9-10)21-11(2)14(20)19-13-5-3-12(7-16)4-6-13/h3-6,8-9,11H,1-2H3,(H,19,20). The van der Waals surface area contributed by atoms with Gasteiger partial charge in [-0.1, -0.05) is 11.8 Å². The molecule has 0 aliphatic carbocycles. The van der Waals surface area contributed by atoms with Crippen LogP contribution < -0.4 is 5.32 Å². The second kappa shape index (κ2) is 6.86. The van der Waals surface area contributed by atoms with E-state index in [1.54, 1.807) is 43.6 Å². The Kier molecular flexibility index (Phi) is 4.90. The number of thioether (sulfide) groups is 1. The highest BCUT2D eigenvalue weighted by Gasteiger charge is 2.16. The minimum atomic E-state index is -0.316. The number of aryl methyl sites for hydroxylation is 1. The number of carbonyl (C=O) groups is 1. The van der Waals surface area contributed by atoms with Crippen LogP contribution in [0.1, 0.15) is 18.1 Å². The average Bonchev–Trinajstić information content (AvgIpc) is 2.50. The highest BCUT2D eigenvalue weighted by Crippen LogP contribution is 2.20. The molecule has 1 atom stereocenters. The molecule has 1 N–H and O–H groups in total. The van der Waals surface area contributed by atoms with Crippen molar-refractivity contribution in [3.63, 3.8) is 0 Å². The maximum Gasteiger partial charge on any atom is 0.237 e. The smallest absolute Gasteiger partial charge is 0.237 e. The SMILES string of the molecule is Cc1cnc(SC(C)C(=O)Nc2ccc(C#N)cc2)nc1. The maximum absolute atomic E-state index is 12.1. The van der Waals surface area contributed by atoms with Gasteiger partial charge in [0.15, 0.2) is 5.16 Å². The van der Waals surface area contributed by atoms with E-state index < -0.39 is 0 Å². The second-order valence-electron chi connectivity index (χ2n) is 4.48. The number of rotatable bonds is 4. The van der Waals surface area contributed by atoms with Gasteiger partial charge in [0.25, 0.3) is 0 Å². The summed E-state index contributed by atoms with van der Waals surface area (Å²) in [5, 5.41) is 11.8. The van der Waals surface area contributed by atoms with Crippen LogP contribution in [-0.4, -0.2) is 21.1 Å². The first-order valence-corrected chi connectivity index (χ1v) is 7.23. The first-order valence-electron chi connectivity index (χ1n) is 6.35. The molecule has 0 fully saturated rings. The van der Waals surface area contributed by atoms with E-state index in [1.165, 1.54) is 11.8 Å². The summed E-state index contributed by atoms with van der Waals surface area (Å²) >= 11 is 1.30. The molecule has 0 bridgehead atoms. The molecular formula is C15H14N4OS. The van der Waals surface area contributed by atoms with Crippen molar-refractivity contribution in [2.75, 3.05) is 5.32 Å². The van der Waals surface area contributed by atoms with E-state index in [0.29, 0.717) is 16.4 Å².